The lowest BCUT2D eigenvalue weighted by atomic mass is 10.1. The second-order valence-electron chi connectivity index (χ2n) is 6.42. The second-order valence-corrected chi connectivity index (χ2v) is 7.51. The summed E-state index contributed by atoms with van der Waals surface area (Å²) < 4.78 is 0. The van der Waals surface area contributed by atoms with E-state index in [1.54, 1.807) is 0 Å². The van der Waals surface area contributed by atoms with Crippen LogP contribution < -0.4 is 0 Å². The molecule has 0 spiro atoms. The summed E-state index contributed by atoms with van der Waals surface area (Å²) >= 11 is 0.436. The van der Waals surface area contributed by atoms with E-state index < -0.39 is 74.8 Å². The Labute approximate surface area is 193 Å². The van der Waals surface area contributed by atoms with Crippen LogP contribution in [0.3, 0.4) is 0 Å². The number of non-ortho nitro benzene ring substituents is 2. The van der Waals surface area contributed by atoms with Crippen LogP contribution in [0, 0.1) is 60.7 Å². The molecule has 178 valence electrons. The molecule has 0 saturated carbocycles. The number of nitrogens with zero attached hydrogens (tertiary/aromatic N) is 6. The molecule has 0 fully saturated rings. The Balaban J connectivity index is 2.36. The quantitative estimate of drug-likeness (QED) is 0.301. The molecule has 1 aromatic heterocycles. The number of hydrogen-bond acceptors (Lipinski definition) is 13. The molecule has 0 radical (unpaired) electrons. The highest BCUT2D eigenvalue weighted by atomic mass is 32.1. The van der Waals surface area contributed by atoms with Gasteiger partial charge in [-0.2, -0.15) is 0 Å². The number of nitro groups is 6. The van der Waals surface area contributed by atoms with Gasteiger partial charge in [0, 0.05) is 9.75 Å². The molecule has 19 heteroatoms. The van der Waals surface area contributed by atoms with Crippen molar-refractivity contribution in [2.24, 2.45) is 0 Å². The maximum atomic E-state index is 11.5. The summed E-state index contributed by atoms with van der Waals surface area (Å²) in [6, 6.07) is 4.01. The minimum atomic E-state index is -1.11. The first-order chi connectivity index (χ1) is 16.3. The minimum Gasteiger partial charge on any atom is -0.258 e. The predicted molar refractivity (Wildman–Crippen MR) is 115 cm³/mol. The van der Waals surface area contributed by atoms with Crippen molar-refractivity contribution in [1.82, 2.24) is 0 Å². The van der Waals surface area contributed by atoms with Crippen LogP contribution in [0.2, 0.25) is 0 Å². The average Bonchev–Trinajstić information content (AvgIpc) is 3.26. The van der Waals surface area contributed by atoms with Crippen LogP contribution in [0.15, 0.2) is 36.4 Å². The number of hydrogen-bond donors (Lipinski definition) is 0. The summed E-state index contributed by atoms with van der Waals surface area (Å²) in [5.74, 6) is 0. The fourth-order valence-electron chi connectivity index (χ4n) is 3.09. The molecule has 0 N–H and O–H groups in total. The molecule has 0 amide bonds. The maximum Gasteiger partial charge on any atom is 0.291 e. The van der Waals surface area contributed by atoms with E-state index >= 15 is 0 Å². The Bertz CT molecular complexity index is 1300. The van der Waals surface area contributed by atoms with Crippen molar-refractivity contribution in [1.29, 1.82) is 0 Å². The van der Waals surface area contributed by atoms with E-state index in [0.717, 1.165) is 12.1 Å². The highest BCUT2D eigenvalue weighted by Crippen LogP contribution is 2.49. The monoisotopic (exact) mass is 506 g/mol. The van der Waals surface area contributed by atoms with Gasteiger partial charge in [-0.3, -0.25) is 60.7 Å². The highest BCUT2D eigenvalue weighted by molar-refractivity contribution is 7.19. The summed E-state index contributed by atoms with van der Waals surface area (Å²) in [5, 5.41) is 68.2. The number of thiophene rings is 1. The summed E-state index contributed by atoms with van der Waals surface area (Å²) in [6.07, 6.45) is 0. The highest BCUT2D eigenvalue weighted by Gasteiger charge is 2.35. The van der Waals surface area contributed by atoms with Gasteiger partial charge in [0.1, 0.15) is 11.1 Å². The molecule has 0 aliphatic carbocycles. The van der Waals surface area contributed by atoms with E-state index in [4.69, 9.17) is 0 Å². The third-order valence-electron chi connectivity index (χ3n) is 4.47. The van der Waals surface area contributed by atoms with Gasteiger partial charge in [-0.15, -0.1) is 11.3 Å². The summed E-state index contributed by atoms with van der Waals surface area (Å²) in [6.45, 7) is 0. The third-order valence-corrected chi connectivity index (χ3v) is 5.59. The molecule has 2 aromatic carbocycles. The van der Waals surface area contributed by atoms with Crippen LogP contribution in [-0.2, 0) is 0 Å². The van der Waals surface area contributed by atoms with Gasteiger partial charge in [0.15, 0.2) is 0 Å². The lowest BCUT2D eigenvalue weighted by Crippen LogP contribution is -2.00. The Morgan fingerprint density at radius 3 is 0.914 bits per heavy atom. The van der Waals surface area contributed by atoms with Crippen molar-refractivity contribution in [3.63, 3.8) is 0 Å². The lowest BCUT2D eigenvalue weighted by Gasteiger charge is -2.04. The van der Waals surface area contributed by atoms with Gasteiger partial charge < -0.3 is 0 Å². The van der Waals surface area contributed by atoms with E-state index in [2.05, 4.69) is 0 Å². The SMILES string of the molecule is O=[N+]([O-])c1cc([N+](=O)[O-])c(-c2ccc(-c3c([N+](=O)[O-])cc([N+](=O)[O-])cc3[N+](=O)[O-])s2)c([N+](=O)[O-])c1. The maximum absolute atomic E-state index is 11.5. The lowest BCUT2D eigenvalue weighted by molar-refractivity contribution is -0.402. The third kappa shape index (κ3) is 4.41. The van der Waals surface area contributed by atoms with Crippen LogP contribution >= 0.6 is 11.3 Å². The van der Waals surface area contributed by atoms with Gasteiger partial charge in [-0.05, 0) is 12.1 Å². The average molecular weight is 506 g/mol. The molecule has 0 atom stereocenters. The van der Waals surface area contributed by atoms with Gasteiger partial charge >= 0.3 is 0 Å². The van der Waals surface area contributed by atoms with Gasteiger partial charge in [-0.25, -0.2) is 0 Å². The first kappa shape index (κ1) is 24.2. The second kappa shape index (κ2) is 8.82. The first-order valence-corrected chi connectivity index (χ1v) is 9.48. The van der Waals surface area contributed by atoms with Crippen molar-refractivity contribution in [2.75, 3.05) is 0 Å². The van der Waals surface area contributed by atoms with Gasteiger partial charge in [0.05, 0.1) is 53.8 Å². The Hall–Kier alpha value is -5.46. The molecular weight excluding hydrogens is 500 g/mol. The topological polar surface area (TPSA) is 259 Å². The zero-order valence-corrected chi connectivity index (χ0v) is 17.3. The fourth-order valence-corrected chi connectivity index (χ4v) is 4.22. The Morgan fingerprint density at radius 2 is 0.714 bits per heavy atom. The standard InChI is InChI=1S/C16H6N6O12S/c23-17(24)7-3-9(19(27)28)15(10(4-7)20(29)30)13-1-2-14(35-13)16-11(21(31)32)5-8(18(25)26)6-12(16)22(33)34/h1-6H. The Kier molecular flexibility index (Phi) is 6.10. The smallest absolute Gasteiger partial charge is 0.258 e. The van der Waals surface area contributed by atoms with E-state index in [1.807, 2.05) is 0 Å². The normalized spacial score (nSPS) is 10.5. The van der Waals surface area contributed by atoms with Crippen LogP contribution in [0.5, 0.6) is 0 Å². The number of benzene rings is 2. The van der Waals surface area contributed by atoms with E-state index in [-0.39, 0.29) is 9.75 Å². The van der Waals surface area contributed by atoms with Crippen LogP contribution in [-0.4, -0.2) is 29.5 Å². The van der Waals surface area contributed by atoms with E-state index in [9.17, 15) is 60.7 Å². The van der Waals surface area contributed by atoms with Crippen molar-refractivity contribution in [3.8, 4) is 20.9 Å². The summed E-state index contributed by atoms with van der Waals surface area (Å²) in [5.41, 5.74) is -7.31. The molecule has 35 heavy (non-hydrogen) atoms. The molecule has 0 bridgehead atoms. The van der Waals surface area contributed by atoms with Crippen molar-refractivity contribution >= 4 is 45.5 Å². The van der Waals surface area contributed by atoms with Crippen LogP contribution in [0.4, 0.5) is 34.1 Å². The number of rotatable bonds is 8. The van der Waals surface area contributed by atoms with E-state index in [1.165, 1.54) is 0 Å². The molecule has 0 aliphatic rings. The van der Waals surface area contributed by atoms with E-state index in [0.29, 0.717) is 35.6 Å². The van der Waals surface area contributed by atoms with Gasteiger partial charge in [-0.1, -0.05) is 0 Å². The van der Waals surface area contributed by atoms with Gasteiger partial charge in [0.2, 0.25) is 0 Å². The number of nitro benzene ring substituents is 6. The molecule has 0 saturated heterocycles. The first-order valence-electron chi connectivity index (χ1n) is 8.66. The zero-order valence-electron chi connectivity index (χ0n) is 16.5. The molecular formula is C16H6N6O12S. The van der Waals surface area contributed by atoms with Crippen molar-refractivity contribution in [2.45, 2.75) is 0 Å². The predicted octanol–water partition coefficient (Wildman–Crippen LogP) is 4.53. The molecule has 3 aromatic rings. The van der Waals surface area contributed by atoms with Crippen LogP contribution in [0.25, 0.3) is 20.9 Å². The van der Waals surface area contributed by atoms with Crippen LogP contribution in [0.1, 0.15) is 0 Å². The Morgan fingerprint density at radius 1 is 0.457 bits per heavy atom. The van der Waals surface area contributed by atoms with Gasteiger partial charge in [0.25, 0.3) is 34.1 Å². The fraction of sp³-hybridized carbons (Fsp3) is 0. The molecule has 0 aliphatic heterocycles. The zero-order chi connectivity index (χ0) is 26.2. The summed E-state index contributed by atoms with van der Waals surface area (Å²) in [4.78, 5) is 61.1. The molecule has 3 rings (SSSR count). The summed E-state index contributed by atoms with van der Waals surface area (Å²) in [7, 11) is 0. The minimum absolute atomic E-state index is 0.268. The van der Waals surface area contributed by atoms with Crippen molar-refractivity contribution < 1.29 is 29.5 Å². The molecule has 0 unspecified atom stereocenters. The largest absolute Gasteiger partial charge is 0.291 e. The molecule has 1 heterocycles. The molecule has 18 nitrogen and oxygen atoms in total. The van der Waals surface area contributed by atoms with Crippen molar-refractivity contribution in [3.05, 3.63) is 97.1 Å².